The van der Waals surface area contributed by atoms with Crippen LogP contribution in [0.15, 0.2) is 5.38 Å². The zero-order chi connectivity index (χ0) is 12.5. The minimum absolute atomic E-state index is 0.116. The Morgan fingerprint density at radius 1 is 1.50 bits per heavy atom. The van der Waals surface area contributed by atoms with Crippen LogP contribution in [-0.2, 0) is 0 Å². The third-order valence-electron chi connectivity index (χ3n) is 4.06. The van der Waals surface area contributed by atoms with E-state index in [0.717, 1.165) is 36.6 Å². The van der Waals surface area contributed by atoms with Gasteiger partial charge in [0.05, 0.1) is 0 Å². The van der Waals surface area contributed by atoms with Crippen LogP contribution >= 0.6 is 11.3 Å². The van der Waals surface area contributed by atoms with Crippen molar-refractivity contribution in [3.63, 3.8) is 0 Å². The third-order valence-corrected chi connectivity index (χ3v) is 4.86. The molecule has 1 amide bonds. The first-order valence-electron chi connectivity index (χ1n) is 6.76. The number of fused-ring (bicyclic) bond motifs is 1. The van der Waals surface area contributed by atoms with Crippen molar-refractivity contribution in [3.05, 3.63) is 11.1 Å². The van der Waals surface area contributed by atoms with E-state index >= 15 is 0 Å². The Bertz CT molecular complexity index is 433. The van der Waals surface area contributed by atoms with E-state index in [4.69, 9.17) is 0 Å². The predicted molar refractivity (Wildman–Crippen MR) is 73.0 cm³/mol. The number of amides is 1. The number of nitrogens with one attached hydrogen (secondary N) is 1. The third kappa shape index (κ3) is 2.11. The van der Waals surface area contributed by atoms with E-state index in [1.54, 1.807) is 0 Å². The second-order valence-corrected chi connectivity index (χ2v) is 6.09. The molecule has 3 rings (SSSR count). The first kappa shape index (κ1) is 12.0. The van der Waals surface area contributed by atoms with E-state index in [2.05, 4.69) is 10.3 Å². The minimum atomic E-state index is 0.116. The zero-order valence-electron chi connectivity index (χ0n) is 10.7. The molecule has 2 heterocycles. The van der Waals surface area contributed by atoms with Gasteiger partial charge < -0.3 is 10.2 Å². The lowest BCUT2D eigenvalue weighted by Gasteiger charge is -2.15. The summed E-state index contributed by atoms with van der Waals surface area (Å²) in [4.78, 5) is 18.7. The molecule has 5 heteroatoms. The van der Waals surface area contributed by atoms with Gasteiger partial charge in [0.1, 0.15) is 5.69 Å². The summed E-state index contributed by atoms with van der Waals surface area (Å²) in [5, 5.41) is 5.87. The molecular formula is C13H19N3OS. The maximum absolute atomic E-state index is 12.3. The van der Waals surface area contributed by atoms with Gasteiger partial charge in [0, 0.05) is 25.0 Å². The highest BCUT2D eigenvalue weighted by Gasteiger charge is 2.38. The first-order chi connectivity index (χ1) is 8.78. The van der Waals surface area contributed by atoms with Gasteiger partial charge in [0.2, 0.25) is 0 Å². The lowest BCUT2D eigenvalue weighted by Crippen LogP contribution is -2.29. The molecule has 1 aromatic rings. The molecule has 0 spiro atoms. The molecule has 1 aromatic heterocycles. The number of hydrogen-bond acceptors (Lipinski definition) is 4. The molecule has 2 fully saturated rings. The van der Waals surface area contributed by atoms with Gasteiger partial charge in [-0.05, 0) is 31.6 Å². The van der Waals surface area contributed by atoms with Crippen molar-refractivity contribution in [2.24, 2.45) is 11.8 Å². The fraction of sp³-hybridized carbons (Fsp3) is 0.692. The fourth-order valence-corrected chi connectivity index (χ4v) is 3.92. The zero-order valence-corrected chi connectivity index (χ0v) is 11.5. The summed E-state index contributed by atoms with van der Waals surface area (Å²) < 4.78 is 0. The average molecular weight is 265 g/mol. The Morgan fingerprint density at radius 2 is 2.22 bits per heavy atom. The van der Waals surface area contributed by atoms with Crippen molar-refractivity contribution in [1.82, 2.24) is 9.88 Å². The molecule has 4 nitrogen and oxygen atoms in total. The van der Waals surface area contributed by atoms with Crippen LogP contribution in [0.5, 0.6) is 0 Å². The highest BCUT2D eigenvalue weighted by Crippen LogP contribution is 2.38. The molecule has 2 atom stereocenters. The minimum Gasteiger partial charge on any atom is -0.362 e. The van der Waals surface area contributed by atoms with E-state index < -0.39 is 0 Å². The van der Waals surface area contributed by atoms with Crippen LogP contribution < -0.4 is 5.32 Å². The molecule has 1 saturated carbocycles. The van der Waals surface area contributed by atoms with Crippen LogP contribution in [0.1, 0.15) is 36.7 Å². The first-order valence-corrected chi connectivity index (χ1v) is 7.64. The quantitative estimate of drug-likeness (QED) is 0.913. The van der Waals surface area contributed by atoms with Gasteiger partial charge in [-0.1, -0.05) is 6.42 Å². The Hall–Kier alpha value is -1.10. The van der Waals surface area contributed by atoms with Gasteiger partial charge >= 0.3 is 0 Å². The molecule has 2 aliphatic rings. The van der Waals surface area contributed by atoms with E-state index in [-0.39, 0.29) is 5.91 Å². The Morgan fingerprint density at radius 3 is 2.89 bits per heavy atom. The normalized spacial score (nSPS) is 26.4. The molecule has 1 aliphatic carbocycles. The number of rotatable bonds is 3. The van der Waals surface area contributed by atoms with Gasteiger partial charge in [0.25, 0.3) is 5.91 Å². The van der Waals surface area contributed by atoms with Gasteiger partial charge in [-0.15, -0.1) is 11.3 Å². The van der Waals surface area contributed by atoms with Crippen LogP contribution in [0.4, 0.5) is 5.13 Å². The average Bonchev–Trinajstić information content (AvgIpc) is 3.02. The summed E-state index contributed by atoms with van der Waals surface area (Å²) in [7, 11) is 0. The van der Waals surface area contributed by atoms with Crippen molar-refractivity contribution in [2.75, 3.05) is 25.0 Å². The summed E-state index contributed by atoms with van der Waals surface area (Å²) in [6.45, 7) is 4.76. The lowest BCUT2D eigenvalue weighted by atomic mass is 10.0. The summed E-state index contributed by atoms with van der Waals surface area (Å²) in [6, 6.07) is 0. The largest absolute Gasteiger partial charge is 0.362 e. The standard InChI is InChI=1S/C13H19N3OS/c1-2-14-13-15-11(8-18-13)12(17)16-6-9-4-3-5-10(9)7-16/h8-10H,2-7H2,1H3,(H,14,15). The number of thiazole rings is 1. The number of likely N-dealkylation sites (tertiary alicyclic amines) is 1. The molecule has 1 N–H and O–H groups in total. The lowest BCUT2D eigenvalue weighted by molar-refractivity contribution is 0.0776. The second-order valence-electron chi connectivity index (χ2n) is 5.23. The van der Waals surface area contributed by atoms with E-state index in [1.165, 1.54) is 30.6 Å². The van der Waals surface area contributed by atoms with Crippen molar-refractivity contribution < 1.29 is 4.79 Å². The van der Waals surface area contributed by atoms with Crippen molar-refractivity contribution in [2.45, 2.75) is 26.2 Å². The predicted octanol–water partition coefficient (Wildman–Crippen LogP) is 2.45. The molecule has 1 saturated heterocycles. The Balaban J connectivity index is 1.67. The number of nitrogens with zero attached hydrogens (tertiary/aromatic N) is 2. The van der Waals surface area contributed by atoms with Crippen molar-refractivity contribution in [3.8, 4) is 0 Å². The molecule has 0 radical (unpaired) electrons. The molecule has 18 heavy (non-hydrogen) atoms. The summed E-state index contributed by atoms with van der Waals surface area (Å²) >= 11 is 1.51. The smallest absolute Gasteiger partial charge is 0.273 e. The van der Waals surface area contributed by atoms with Crippen LogP contribution in [-0.4, -0.2) is 35.4 Å². The highest BCUT2D eigenvalue weighted by atomic mass is 32.1. The molecule has 1 aliphatic heterocycles. The molecule has 0 aromatic carbocycles. The number of carbonyl (C=O) groups is 1. The maximum atomic E-state index is 12.3. The van der Waals surface area contributed by atoms with E-state index in [9.17, 15) is 4.79 Å². The summed E-state index contributed by atoms with van der Waals surface area (Å²) in [6.07, 6.45) is 3.95. The molecule has 2 unspecified atom stereocenters. The van der Waals surface area contributed by atoms with E-state index in [1.807, 2.05) is 17.2 Å². The maximum Gasteiger partial charge on any atom is 0.273 e. The Kier molecular flexibility index (Phi) is 3.24. The number of anilines is 1. The van der Waals surface area contributed by atoms with Gasteiger partial charge in [-0.2, -0.15) is 0 Å². The second kappa shape index (κ2) is 4.88. The van der Waals surface area contributed by atoms with Gasteiger partial charge in [0.15, 0.2) is 5.13 Å². The molecule has 98 valence electrons. The SMILES string of the molecule is CCNc1nc(C(=O)N2CC3CCCC3C2)cs1. The fourth-order valence-electron chi connectivity index (χ4n) is 3.17. The summed E-state index contributed by atoms with van der Waals surface area (Å²) in [5.74, 6) is 1.62. The molecular weight excluding hydrogens is 246 g/mol. The topological polar surface area (TPSA) is 45.2 Å². The number of hydrogen-bond donors (Lipinski definition) is 1. The Labute approximate surface area is 111 Å². The van der Waals surface area contributed by atoms with E-state index in [0.29, 0.717) is 5.69 Å². The van der Waals surface area contributed by atoms with Crippen molar-refractivity contribution >= 4 is 22.4 Å². The number of aromatic nitrogens is 1. The van der Waals surface area contributed by atoms with Gasteiger partial charge in [-0.25, -0.2) is 4.98 Å². The van der Waals surface area contributed by atoms with Crippen molar-refractivity contribution in [1.29, 1.82) is 0 Å². The van der Waals surface area contributed by atoms with Crippen LogP contribution in [0, 0.1) is 11.8 Å². The molecule has 0 bridgehead atoms. The van der Waals surface area contributed by atoms with Crippen LogP contribution in [0.25, 0.3) is 0 Å². The van der Waals surface area contributed by atoms with Crippen LogP contribution in [0.3, 0.4) is 0 Å². The number of carbonyl (C=O) groups excluding carboxylic acids is 1. The van der Waals surface area contributed by atoms with Crippen LogP contribution in [0.2, 0.25) is 0 Å². The van der Waals surface area contributed by atoms with Gasteiger partial charge in [-0.3, -0.25) is 4.79 Å². The summed E-state index contributed by atoms with van der Waals surface area (Å²) in [5.41, 5.74) is 0.607. The highest BCUT2D eigenvalue weighted by molar-refractivity contribution is 7.13. The monoisotopic (exact) mass is 265 g/mol.